The van der Waals surface area contributed by atoms with Gasteiger partial charge in [-0.25, -0.2) is 13.1 Å². The molecule has 0 unspecified atom stereocenters. The van der Waals surface area contributed by atoms with Gasteiger partial charge < -0.3 is 42.6 Å². The Morgan fingerprint density at radius 1 is 0.677 bits per heavy atom. The maximum absolute atomic E-state index is 13.7. The number of esters is 2. The van der Waals surface area contributed by atoms with Crippen molar-refractivity contribution in [3.05, 3.63) is 142 Å². The highest BCUT2D eigenvalue weighted by Crippen LogP contribution is 2.33. The minimum atomic E-state index is -4.38. The van der Waals surface area contributed by atoms with Gasteiger partial charge >= 0.3 is 11.9 Å². The normalized spacial score (nSPS) is 25.1. The molecule has 0 amide bonds. The molecule has 6 rings (SSSR count). The predicted octanol–water partition coefficient (Wildman–Crippen LogP) is 5.00. The zero-order valence-corrected chi connectivity index (χ0v) is 35.2. The quantitative estimate of drug-likeness (QED) is 0.0705. The van der Waals surface area contributed by atoms with Gasteiger partial charge in [0.15, 0.2) is 12.6 Å². The third-order valence-corrected chi connectivity index (χ3v) is 11.6. The van der Waals surface area contributed by atoms with Crippen molar-refractivity contribution in [3.8, 4) is 0 Å². The first-order valence-corrected chi connectivity index (χ1v) is 21.4. The topological polar surface area (TPSA) is 207 Å². The van der Waals surface area contributed by atoms with Gasteiger partial charge in [-0.3, -0.25) is 19.7 Å². The van der Waals surface area contributed by atoms with Gasteiger partial charge in [-0.05, 0) is 28.8 Å². The van der Waals surface area contributed by atoms with Crippen LogP contribution < -0.4 is 4.72 Å². The van der Waals surface area contributed by atoms with E-state index in [0.717, 1.165) is 47.9 Å². The van der Waals surface area contributed by atoms with Crippen molar-refractivity contribution in [1.29, 1.82) is 0 Å². The van der Waals surface area contributed by atoms with Gasteiger partial charge in [0.1, 0.15) is 43.2 Å². The van der Waals surface area contributed by atoms with Crippen LogP contribution in [0.1, 0.15) is 37.0 Å². The van der Waals surface area contributed by atoms with Crippen LogP contribution in [0.4, 0.5) is 5.69 Å². The summed E-state index contributed by atoms with van der Waals surface area (Å²) in [6.45, 7) is 2.27. The minimum absolute atomic E-state index is 0.167. The highest BCUT2D eigenvalue weighted by Gasteiger charge is 2.50. The van der Waals surface area contributed by atoms with E-state index in [0.29, 0.717) is 0 Å². The fraction of sp³-hybridized carbons (Fsp3) is 0.409. The maximum atomic E-state index is 13.7. The van der Waals surface area contributed by atoms with Crippen molar-refractivity contribution in [2.24, 2.45) is 0 Å². The number of hydrogen-bond acceptors (Lipinski definition) is 15. The number of nitro groups is 1. The summed E-state index contributed by atoms with van der Waals surface area (Å²) in [5.41, 5.74) is 2.40. The van der Waals surface area contributed by atoms with Gasteiger partial charge in [0.2, 0.25) is 10.0 Å². The van der Waals surface area contributed by atoms with Crippen LogP contribution in [0.5, 0.6) is 0 Å². The number of carbonyl (C=O) groups is 2. The fourth-order valence-electron chi connectivity index (χ4n) is 7.12. The molecule has 9 atom stereocenters. The number of nitro benzene ring substituents is 1. The van der Waals surface area contributed by atoms with Crippen LogP contribution in [0.25, 0.3) is 0 Å². The molecule has 4 aromatic carbocycles. The molecule has 2 aliphatic rings. The zero-order chi connectivity index (χ0) is 44.1. The lowest BCUT2D eigenvalue weighted by Crippen LogP contribution is -2.62. The minimum Gasteiger partial charge on any atom is -0.463 e. The largest absolute Gasteiger partial charge is 0.463 e. The van der Waals surface area contributed by atoms with Gasteiger partial charge in [0.25, 0.3) is 5.69 Å². The van der Waals surface area contributed by atoms with E-state index >= 15 is 0 Å². The molecule has 0 radical (unpaired) electrons. The summed E-state index contributed by atoms with van der Waals surface area (Å²) in [6.07, 6.45) is -8.15. The Hall–Kier alpha value is -5.15. The second kappa shape index (κ2) is 22.3. The Morgan fingerprint density at radius 3 is 1.69 bits per heavy atom. The van der Waals surface area contributed by atoms with Crippen LogP contribution in [-0.2, 0) is 82.1 Å². The molecule has 0 spiro atoms. The smallest absolute Gasteiger partial charge is 0.303 e. The molecule has 62 heavy (non-hydrogen) atoms. The van der Waals surface area contributed by atoms with Crippen LogP contribution in [0.15, 0.2) is 120 Å². The Bertz CT molecular complexity index is 2150. The average Bonchev–Trinajstić information content (AvgIpc) is 3.27. The summed E-state index contributed by atoms with van der Waals surface area (Å²) in [7, 11) is -2.89. The van der Waals surface area contributed by atoms with Gasteiger partial charge in [0.05, 0.1) is 42.3 Å². The molecule has 4 aromatic rings. The van der Waals surface area contributed by atoms with Crippen molar-refractivity contribution >= 4 is 27.6 Å². The number of rotatable bonds is 20. The molecule has 332 valence electrons. The van der Waals surface area contributed by atoms with Gasteiger partial charge in [-0.15, -0.1) is 0 Å². The number of ether oxygens (including phenoxy) is 9. The summed E-state index contributed by atoms with van der Waals surface area (Å²) >= 11 is 0. The summed E-state index contributed by atoms with van der Waals surface area (Å²) in [4.78, 5) is 34.6. The van der Waals surface area contributed by atoms with Crippen molar-refractivity contribution < 1.29 is 65.6 Å². The van der Waals surface area contributed by atoms with Crippen molar-refractivity contribution in [2.75, 3.05) is 20.3 Å². The van der Waals surface area contributed by atoms with E-state index in [4.69, 9.17) is 42.6 Å². The highest BCUT2D eigenvalue weighted by molar-refractivity contribution is 7.89. The highest BCUT2D eigenvalue weighted by atomic mass is 32.2. The van der Waals surface area contributed by atoms with Crippen LogP contribution in [-0.4, -0.2) is 101 Å². The summed E-state index contributed by atoms with van der Waals surface area (Å²) in [5, 5.41) is 11.2. The van der Waals surface area contributed by atoms with Gasteiger partial charge in [-0.1, -0.05) is 91.0 Å². The first-order chi connectivity index (χ1) is 29.9. The molecule has 0 saturated carbocycles. The number of nitrogens with one attached hydrogen (secondary N) is 1. The van der Waals surface area contributed by atoms with E-state index < -0.39 is 88.7 Å². The van der Waals surface area contributed by atoms with E-state index in [2.05, 4.69) is 4.72 Å². The second-order valence-corrected chi connectivity index (χ2v) is 16.3. The number of benzene rings is 4. The Morgan fingerprint density at radius 2 is 1.19 bits per heavy atom. The standard InChI is InChI=1S/C44H50N2O15S/c1-29(47)54-27-37-40(59-30(2)48)36(45-62(51,52)35-21-19-34(20-22-35)46(49)50)23-39(60-37)55-28-38-41(56-24-31-13-7-4-8-14-31)42(57-25-32-15-9-5-10-16-32)43(44(53-3)61-38)58-26-33-17-11-6-12-18-33/h4-22,36-45H,23-28H2,1-3H3/t36-,37+,38+,39-,40-,41+,42-,43+,44-/m0/s1. The summed E-state index contributed by atoms with van der Waals surface area (Å²) in [5.74, 6) is -1.41. The van der Waals surface area contributed by atoms with E-state index in [1.807, 2.05) is 91.0 Å². The Kier molecular flexibility index (Phi) is 16.7. The SMILES string of the molecule is CO[C@H]1O[C@H](CO[C@@H]2C[C@H](NS(=O)(=O)c3ccc([N+](=O)[O-])cc3)[C@H](OC(C)=O)[C@@H](COC(C)=O)O2)[C@@H](OCc2ccccc2)[C@H](OCc2ccccc2)[C@H]1OCc1ccccc1. The average molecular weight is 879 g/mol. The lowest BCUT2D eigenvalue weighted by atomic mass is 9.97. The van der Waals surface area contributed by atoms with Crippen LogP contribution in [0.2, 0.25) is 0 Å². The van der Waals surface area contributed by atoms with Crippen molar-refractivity contribution in [2.45, 2.75) is 100 Å². The third-order valence-electron chi connectivity index (χ3n) is 10.1. The van der Waals surface area contributed by atoms with E-state index in [1.165, 1.54) is 14.0 Å². The molecule has 2 heterocycles. The molecule has 17 nitrogen and oxygen atoms in total. The number of hydrogen-bond donors (Lipinski definition) is 1. The Labute approximate surface area is 359 Å². The Balaban J connectivity index is 1.28. The maximum Gasteiger partial charge on any atom is 0.303 e. The van der Waals surface area contributed by atoms with Crippen molar-refractivity contribution in [1.82, 2.24) is 4.72 Å². The van der Waals surface area contributed by atoms with Gasteiger partial charge in [0, 0.05) is 39.5 Å². The number of non-ortho nitro benzene ring substituents is 1. The van der Waals surface area contributed by atoms with Crippen LogP contribution >= 0.6 is 0 Å². The van der Waals surface area contributed by atoms with E-state index in [9.17, 15) is 28.1 Å². The van der Waals surface area contributed by atoms with Crippen molar-refractivity contribution in [3.63, 3.8) is 0 Å². The monoisotopic (exact) mass is 878 g/mol. The molecular formula is C44H50N2O15S. The number of nitrogens with zero attached hydrogens (tertiary/aromatic N) is 1. The molecular weight excluding hydrogens is 829 g/mol. The summed E-state index contributed by atoms with van der Waals surface area (Å²) in [6, 6.07) is 31.9. The second-order valence-electron chi connectivity index (χ2n) is 14.6. The molecule has 0 aliphatic carbocycles. The lowest BCUT2D eigenvalue weighted by Gasteiger charge is -2.46. The van der Waals surface area contributed by atoms with Crippen LogP contribution in [0.3, 0.4) is 0 Å². The molecule has 18 heteroatoms. The molecule has 2 fully saturated rings. The zero-order valence-electron chi connectivity index (χ0n) is 34.4. The number of sulfonamides is 1. The number of carbonyl (C=O) groups excluding carboxylic acids is 2. The first-order valence-electron chi connectivity index (χ1n) is 19.9. The molecule has 0 aromatic heterocycles. The molecule has 1 N–H and O–H groups in total. The summed E-state index contributed by atoms with van der Waals surface area (Å²) < 4.78 is 85.7. The fourth-order valence-corrected chi connectivity index (χ4v) is 8.38. The molecule has 2 aliphatic heterocycles. The lowest BCUT2D eigenvalue weighted by molar-refractivity contribution is -0.384. The predicted molar refractivity (Wildman–Crippen MR) is 219 cm³/mol. The molecule has 0 bridgehead atoms. The molecule has 2 saturated heterocycles. The van der Waals surface area contributed by atoms with E-state index in [-0.39, 0.29) is 43.4 Å². The van der Waals surface area contributed by atoms with Gasteiger partial charge in [-0.2, -0.15) is 0 Å². The van der Waals surface area contributed by atoms with E-state index in [1.54, 1.807) is 0 Å². The van der Waals surface area contributed by atoms with Crippen LogP contribution in [0, 0.1) is 10.1 Å². The third kappa shape index (κ3) is 12.9. The number of methoxy groups -OCH3 is 1. The first kappa shape index (κ1) is 46.4.